The number of unbranched alkanes of at least 4 members (excludes halogenated alkanes) is 5. The summed E-state index contributed by atoms with van der Waals surface area (Å²) in [6.45, 7) is 3.69. The topological polar surface area (TPSA) is 223 Å². The van der Waals surface area contributed by atoms with Crippen molar-refractivity contribution in [3.63, 3.8) is 0 Å². The van der Waals surface area contributed by atoms with E-state index in [1.54, 1.807) is 12.1 Å². The van der Waals surface area contributed by atoms with Gasteiger partial charge in [-0.25, -0.2) is 0 Å². The predicted molar refractivity (Wildman–Crippen MR) is 197 cm³/mol. The van der Waals surface area contributed by atoms with Gasteiger partial charge in [0.25, 0.3) is 0 Å². The van der Waals surface area contributed by atoms with Crippen molar-refractivity contribution in [1.82, 2.24) is 26.2 Å². The summed E-state index contributed by atoms with van der Waals surface area (Å²) in [5.41, 5.74) is 7.08. The molecule has 5 amide bonds. The van der Waals surface area contributed by atoms with Gasteiger partial charge in [0.15, 0.2) is 0 Å². The van der Waals surface area contributed by atoms with Crippen LogP contribution in [0.15, 0.2) is 36.4 Å². The largest absolute Gasteiger partial charge is 0.507 e. The summed E-state index contributed by atoms with van der Waals surface area (Å²) in [5, 5.41) is 42.6. The second kappa shape index (κ2) is 21.0. The van der Waals surface area contributed by atoms with Crippen molar-refractivity contribution in [3.8, 4) is 22.6 Å². The Morgan fingerprint density at radius 1 is 0.904 bits per heavy atom. The van der Waals surface area contributed by atoms with Crippen LogP contribution in [0.4, 0.5) is 0 Å². The number of phenolic OH excluding ortho intramolecular Hbond substituents is 2. The summed E-state index contributed by atoms with van der Waals surface area (Å²) in [6.07, 6.45) is 6.93. The molecule has 0 radical (unpaired) electrons. The van der Waals surface area contributed by atoms with E-state index >= 15 is 0 Å². The molecule has 0 aromatic heterocycles. The second-order valence-corrected chi connectivity index (χ2v) is 13.5. The van der Waals surface area contributed by atoms with E-state index < -0.39 is 54.4 Å². The molecule has 1 aliphatic heterocycles. The Balaban J connectivity index is 1.90. The fourth-order valence-corrected chi connectivity index (χ4v) is 6.23. The van der Waals surface area contributed by atoms with E-state index in [9.17, 15) is 39.3 Å². The minimum atomic E-state index is -1.34. The maximum absolute atomic E-state index is 14.2. The average molecular weight is 725 g/mol. The number of nitrogens with zero attached hydrogens (tertiary/aromatic N) is 1. The first-order chi connectivity index (χ1) is 24.9. The standard InChI is InChI=1S/C38H56N6O8/c1-4-5-6-7-8-12-33(48)40-19-17-34(49)43-30(11-9-10-18-39)38(52)44(3)35-26-14-16-32(47)29(22-26)28-21-25(13-15-31(28)46)20-27(23-45)42-36(50)24(2)41-37(35)51/h13-16,21-22,24,27,30,35,45-47H,4-12,17-20,23,39H2,1-3H3,(H,40,48)(H,41,51)(H,42,50)(H,43,49). The lowest BCUT2D eigenvalue weighted by Gasteiger charge is -2.32. The van der Waals surface area contributed by atoms with Gasteiger partial charge in [-0.2, -0.15) is 0 Å². The van der Waals surface area contributed by atoms with Crippen molar-refractivity contribution in [2.24, 2.45) is 5.73 Å². The van der Waals surface area contributed by atoms with E-state index in [4.69, 9.17) is 5.73 Å². The first-order valence-electron chi connectivity index (χ1n) is 18.3. The number of rotatable bonds is 17. The summed E-state index contributed by atoms with van der Waals surface area (Å²) in [6, 6.07) is 4.88. The third kappa shape index (κ3) is 12.2. The van der Waals surface area contributed by atoms with Gasteiger partial charge < -0.3 is 47.2 Å². The van der Waals surface area contributed by atoms with Crippen LogP contribution in [0.2, 0.25) is 0 Å². The maximum Gasteiger partial charge on any atom is 0.248 e. The number of hydrogen-bond acceptors (Lipinski definition) is 9. The van der Waals surface area contributed by atoms with E-state index in [1.807, 2.05) is 0 Å². The highest BCUT2D eigenvalue weighted by molar-refractivity contribution is 5.95. The van der Waals surface area contributed by atoms with Gasteiger partial charge in [-0.05, 0) is 81.0 Å². The zero-order valence-corrected chi connectivity index (χ0v) is 30.6. The number of aliphatic hydroxyl groups is 1. The van der Waals surface area contributed by atoms with Gasteiger partial charge in [0, 0.05) is 37.6 Å². The molecule has 4 bridgehead atoms. The molecular weight excluding hydrogens is 668 g/mol. The number of amides is 5. The number of fused-ring (bicyclic) bond motifs is 5. The van der Waals surface area contributed by atoms with Crippen LogP contribution in [-0.4, -0.2) is 94.6 Å². The number of phenols is 2. The lowest BCUT2D eigenvalue weighted by Crippen LogP contribution is -2.54. The fraction of sp³-hybridized carbons (Fsp3) is 0.553. The highest BCUT2D eigenvalue weighted by Gasteiger charge is 2.35. The van der Waals surface area contributed by atoms with Crippen LogP contribution in [0.1, 0.15) is 95.2 Å². The van der Waals surface area contributed by atoms with Crippen LogP contribution in [0, 0.1) is 0 Å². The highest BCUT2D eigenvalue weighted by Crippen LogP contribution is 2.38. The molecule has 4 atom stereocenters. The van der Waals surface area contributed by atoms with Crippen LogP contribution < -0.4 is 27.0 Å². The lowest BCUT2D eigenvalue weighted by molar-refractivity contribution is -0.143. The Hall–Kier alpha value is -4.69. The van der Waals surface area contributed by atoms with Crippen LogP contribution >= 0.6 is 0 Å². The summed E-state index contributed by atoms with van der Waals surface area (Å²) in [7, 11) is 1.41. The first-order valence-corrected chi connectivity index (χ1v) is 18.3. The van der Waals surface area contributed by atoms with Crippen molar-refractivity contribution >= 4 is 29.5 Å². The molecule has 4 unspecified atom stereocenters. The van der Waals surface area contributed by atoms with E-state index in [-0.39, 0.29) is 59.9 Å². The van der Waals surface area contributed by atoms with Gasteiger partial charge >= 0.3 is 0 Å². The van der Waals surface area contributed by atoms with Gasteiger partial charge in [-0.15, -0.1) is 0 Å². The molecule has 0 aliphatic carbocycles. The molecule has 2 aromatic rings. The summed E-state index contributed by atoms with van der Waals surface area (Å²) >= 11 is 0. The van der Waals surface area contributed by atoms with Crippen molar-refractivity contribution in [1.29, 1.82) is 0 Å². The lowest BCUT2D eigenvalue weighted by atomic mass is 9.93. The van der Waals surface area contributed by atoms with E-state index in [2.05, 4.69) is 28.2 Å². The molecule has 14 heteroatoms. The number of benzene rings is 2. The van der Waals surface area contributed by atoms with Crippen molar-refractivity contribution in [3.05, 3.63) is 47.5 Å². The number of likely N-dealkylation sites (N-methyl/N-ethyl adjacent to an activating group) is 1. The van der Waals surface area contributed by atoms with E-state index in [0.717, 1.165) is 32.1 Å². The quantitative estimate of drug-likeness (QED) is 0.112. The number of nitrogens with one attached hydrogen (secondary N) is 4. The SMILES string of the molecule is CCCCCCCC(=O)NCCC(=O)NC(CCCCN)C(=O)N(C)C1C(=O)NC(C)C(=O)NC(CO)Cc2ccc(O)c(c2)-c2cc1ccc2O. The Morgan fingerprint density at radius 2 is 1.60 bits per heavy atom. The molecule has 0 saturated carbocycles. The Kier molecular flexibility index (Phi) is 16.8. The van der Waals surface area contributed by atoms with Crippen molar-refractivity contribution in [2.75, 3.05) is 26.7 Å². The molecule has 1 aliphatic rings. The molecule has 9 N–H and O–H groups in total. The molecule has 286 valence electrons. The van der Waals surface area contributed by atoms with Gasteiger partial charge in [0.1, 0.15) is 29.6 Å². The van der Waals surface area contributed by atoms with Gasteiger partial charge in [-0.3, -0.25) is 24.0 Å². The number of carbonyl (C=O) groups is 5. The van der Waals surface area contributed by atoms with Gasteiger partial charge in [-0.1, -0.05) is 44.7 Å². The molecule has 1 heterocycles. The number of hydrogen-bond donors (Lipinski definition) is 8. The van der Waals surface area contributed by atoms with Crippen molar-refractivity contribution in [2.45, 2.75) is 109 Å². The van der Waals surface area contributed by atoms with Gasteiger partial charge in [0.2, 0.25) is 29.5 Å². The normalized spacial score (nSPS) is 18.0. The molecule has 3 rings (SSSR count). The number of aliphatic hydroxyl groups excluding tert-OH is 1. The van der Waals surface area contributed by atoms with E-state index in [1.165, 1.54) is 43.1 Å². The van der Waals surface area contributed by atoms with E-state index in [0.29, 0.717) is 31.4 Å². The second-order valence-electron chi connectivity index (χ2n) is 13.5. The number of carbonyl (C=O) groups excluding carboxylic acids is 5. The molecule has 0 saturated heterocycles. The van der Waals surface area contributed by atoms with Crippen LogP contribution in [-0.2, 0) is 30.4 Å². The minimum absolute atomic E-state index is 0.0544. The predicted octanol–water partition coefficient (Wildman–Crippen LogP) is 2.28. The van der Waals surface area contributed by atoms with Crippen LogP contribution in [0.25, 0.3) is 11.1 Å². The Bertz CT molecular complexity index is 1530. The number of aromatic hydroxyl groups is 2. The third-order valence-corrected chi connectivity index (χ3v) is 9.23. The maximum atomic E-state index is 14.2. The van der Waals surface area contributed by atoms with Crippen LogP contribution in [0.3, 0.4) is 0 Å². The average Bonchev–Trinajstić information content (AvgIpc) is 3.11. The summed E-state index contributed by atoms with van der Waals surface area (Å²) in [4.78, 5) is 67.8. The molecule has 2 aromatic carbocycles. The zero-order valence-electron chi connectivity index (χ0n) is 30.6. The zero-order chi connectivity index (χ0) is 38.2. The molecular formula is C38H56N6O8. The minimum Gasteiger partial charge on any atom is -0.507 e. The Labute approximate surface area is 305 Å². The summed E-state index contributed by atoms with van der Waals surface area (Å²) < 4.78 is 0. The Morgan fingerprint density at radius 3 is 2.29 bits per heavy atom. The third-order valence-electron chi connectivity index (χ3n) is 9.23. The fourth-order valence-electron chi connectivity index (χ4n) is 6.23. The first kappa shape index (κ1) is 41.7. The van der Waals surface area contributed by atoms with Crippen LogP contribution in [0.5, 0.6) is 11.5 Å². The highest BCUT2D eigenvalue weighted by atomic mass is 16.3. The summed E-state index contributed by atoms with van der Waals surface area (Å²) in [5.74, 6) is -2.79. The monoisotopic (exact) mass is 724 g/mol. The molecule has 0 fully saturated rings. The number of nitrogens with two attached hydrogens (primary N) is 1. The molecule has 52 heavy (non-hydrogen) atoms. The van der Waals surface area contributed by atoms with Crippen molar-refractivity contribution < 1.29 is 39.3 Å². The molecule has 14 nitrogen and oxygen atoms in total. The smallest absolute Gasteiger partial charge is 0.248 e. The van der Waals surface area contributed by atoms with Gasteiger partial charge in [0.05, 0.1) is 12.6 Å². The molecule has 0 spiro atoms.